The lowest BCUT2D eigenvalue weighted by Crippen LogP contribution is -2.53. The first-order chi connectivity index (χ1) is 11.3. The SMILES string of the molecule is C=C(CC(OS(C)(=O)=O)C(=O)O)CC(C)(NC(=O)OC)C(=O)OCC. The topological polar surface area (TPSA) is 145 Å². The Morgan fingerprint density at radius 3 is 2.28 bits per heavy atom. The summed E-state index contributed by atoms with van der Waals surface area (Å²) in [6, 6.07) is 0. The number of ether oxygens (including phenoxy) is 2. The van der Waals surface area contributed by atoms with E-state index in [0.717, 1.165) is 7.11 Å². The number of esters is 1. The van der Waals surface area contributed by atoms with Crippen molar-refractivity contribution in [1.29, 1.82) is 0 Å². The summed E-state index contributed by atoms with van der Waals surface area (Å²) in [5.41, 5.74) is -1.42. The maximum atomic E-state index is 12.1. The highest BCUT2D eigenvalue weighted by atomic mass is 32.2. The molecule has 2 atom stereocenters. The van der Waals surface area contributed by atoms with Gasteiger partial charge in [0.2, 0.25) is 0 Å². The Bertz CT molecular complexity index is 628. The summed E-state index contributed by atoms with van der Waals surface area (Å²) < 4.78 is 36.1. The summed E-state index contributed by atoms with van der Waals surface area (Å²) in [4.78, 5) is 34.7. The third kappa shape index (κ3) is 8.49. The second-order valence-electron chi connectivity index (χ2n) is 5.43. The molecule has 0 aliphatic heterocycles. The van der Waals surface area contributed by atoms with Crippen molar-refractivity contribution in [3.05, 3.63) is 12.2 Å². The third-order valence-corrected chi connectivity index (χ3v) is 3.52. The number of carbonyl (C=O) groups is 3. The molecule has 11 heteroatoms. The first kappa shape index (κ1) is 22.9. The minimum atomic E-state index is -4.01. The van der Waals surface area contributed by atoms with E-state index in [-0.39, 0.29) is 25.0 Å². The van der Waals surface area contributed by atoms with Gasteiger partial charge in [0.15, 0.2) is 6.10 Å². The van der Waals surface area contributed by atoms with E-state index < -0.39 is 39.8 Å². The van der Waals surface area contributed by atoms with Gasteiger partial charge in [0.05, 0.1) is 20.0 Å². The van der Waals surface area contributed by atoms with Gasteiger partial charge in [-0.25, -0.2) is 14.4 Å². The van der Waals surface area contributed by atoms with Gasteiger partial charge < -0.3 is 19.9 Å². The number of nitrogens with one attached hydrogen (secondary N) is 1. The third-order valence-electron chi connectivity index (χ3n) is 2.93. The molecule has 2 unspecified atom stereocenters. The standard InChI is InChI=1S/C14H23NO9S/c1-6-23-12(18)14(3,15-13(19)22-4)8-9(2)7-10(11(16)17)24-25(5,20)21/h10H,2,6-8H2,1,3-5H3,(H,15,19)(H,16,17). The van der Waals surface area contributed by atoms with Crippen LogP contribution in [0.4, 0.5) is 4.79 Å². The molecule has 0 aromatic carbocycles. The van der Waals surface area contributed by atoms with Crippen LogP contribution in [-0.2, 0) is 33.4 Å². The molecule has 0 aromatic heterocycles. The normalized spacial score (nSPS) is 14.7. The van der Waals surface area contributed by atoms with Gasteiger partial charge in [-0.1, -0.05) is 12.2 Å². The maximum absolute atomic E-state index is 12.1. The quantitative estimate of drug-likeness (QED) is 0.312. The van der Waals surface area contributed by atoms with Crippen molar-refractivity contribution in [2.75, 3.05) is 20.0 Å². The molecule has 10 nitrogen and oxygen atoms in total. The summed E-state index contributed by atoms with van der Waals surface area (Å²) in [5, 5.41) is 11.4. The molecule has 2 N–H and O–H groups in total. The lowest BCUT2D eigenvalue weighted by atomic mass is 9.91. The Morgan fingerprint density at radius 2 is 1.88 bits per heavy atom. The lowest BCUT2D eigenvalue weighted by molar-refractivity contribution is -0.150. The number of hydrogen-bond donors (Lipinski definition) is 2. The second kappa shape index (κ2) is 9.37. The molecule has 0 spiro atoms. The Hall–Kier alpha value is -2.14. The van der Waals surface area contributed by atoms with E-state index in [0.29, 0.717) is 6.26 Å². The number of carboxylic acid groups (broad SMARTS) is 1. The van der Waals surface area contributed by atoms with Gasteiger partial charge in [-0.2, -0.15) is 8.42 Å². The Kier molecular flexibility index (Phi) is 8.57. The first-order valence-electron chi connectivity index (χ1n) is 7.15. The predicted molar refractivity (Wildman–Crippen MR) is 86.3 cm³/mol. The number of methoxy groups -OCH3 is 1. The molecule has 0 aromatic rings. The number of aliphatic carboxylic acids is 1. The largest absolute Gasteiger partial charge is 0.479 e. The molecule has 0 radical (unpaired) electrons. The summed E-state index contributed by atoms with van der Waals surface area (Å²) in [7, 11) is -2.90. The van der Waals surface area contributed by atoms with Gasteiger partial charge in [0, 0.05) is 12.8 Å². The van der Waals surface area contributed by atoms with Crippen molar-refractivity contribution in [3.63, 3.8) is 0 Å². The van der Waals surface area contributed by atoms with Crippen LogP contribution in [0, 0.1) is 0 Å². The Morgan fingerprint density at radius 1 is 1.32 bits per heavy atom. The van der Waals surface area contributed by atoms with Crippen molar-refractivity contribution < 1.29 is 41.6 Å². The number of amides is 1. The van der Waals surface area contributed by atoms with Crippen molar-refractivity contribution in [2.45, 2.75) is 38.3 Å². The van der Waals surface area contributed by atoms with Crippen LogP contribution in [0.25, 0.3) is 0 Å². The maximum Gasteiger partial charge on any atom is 0.407 e. The number of carbonyl (C=O) groups excluding carboxylic acids is 2. The molecule has 0 rings (SSSR count). The zero-order valence-electron chi connectivity index (χ0n) is 14.5. The fraction of sp³-hybridized carbons (Fsp3) is 0.643. The number of rotatable bonds is 10. The van der Waals surface area contributed by atoms with Crippen LogP contribution in [0.1, 0.15) is 26.7 Å². The molecule has 0 aliphatic rings. The van der Waals surface area contributed by atoms with Crippen LogP contribution in [0.5, 0.6) is 0 Å². The molecule has 25 heavy (non-hydrogen) atoms. The van der Waals surface area contributed by atoms with Gasteiger partial charge in [-0.05, 0) is 13.8 Å². The average molecular weight is 381 g/mol. The number of alkyl carbamates (subject to hydrolysis) is 1. The monoisotopic (exact) mass is 381 g/mol. The minimum absolute atomic E-state index is 0.0543. The first-order valence-corrected chi connectivity index (χ1v) is 8.97. The summed E-state index contributed by atoms with van der Waals surface area (Å²) in [6.45, 7) is 6.61. The van der Waals surface area contributed by atoms with Gasteiger partial charge in [-0.3, -0.25) is 4.18 Å². The number of hydrogen-bond acceptors (Lipinski definition) is 8. The molecular weight excluding hydrogens is 358 g/mol. The van der Waals surface area contributed by atoms with E-state index in [1.165, 1.54) is 6.92 Å². The van der Waals surface area contributed by atoms with Crippen molar-refractivity contribution in [3.8, 4) is 0 Å². The summed E-state index contributed by atoms with van der Waals surface area (Å²) in [6.07, 6.45) is -2.48. The molecule has 1 amide bonds. The minimum Gasteiger partial charge on any atom is -0.479 e. The summed E-state index contributed by atoms with van der Waals surface area (Å²) in [5.74, 6) is -2.29. The highest BCUT2D eigenvalue weighted by Gasteiger charge is 2.38. The lowest BCUT2D eigenvalue weighted by Gasteiger charge is -2.29. The average Bonchev–Trinajstić information content (AvgIpc) is 2.44. The highest BCUT2D eigenvalue weighted by molar-refractivity contribution is 7.86. The van der Waals surface area contributed by atoms with E-state index in [9.17, 15) is 22.8 Å². The van der Waals surface area contributed by atoms with E-state index in [2.05, 4.69) is 20.8 Å². The summed E-state index contributed by atoms with van der Waals surface area (Å²) >= 11 is 0. The van der Waals surface area contributed by atoms with Crippen LogP contribution in [0.2, 0.25) is 0 Å². The van der Waals surface area contributed by atoms with Gasteiger partial charge in [0.25, 0.3) is 10.1 Å². The van der Waals surface area contributed by atoms with Crippen molar-refractivity contribution >= 4 is 28.1 Å². The van der Waals surface area contributed by atoms with Crippen LogP contribution >= 0.6 is 0 Å². The predicted octanol–water partition coefficient (Wildman–Crippen LogP) is 0.430. The molecule has 0 saturated carbocycles. The zero-order valence-corrected chi connectivity index (χ0v) is 15.3. The molecule has 0 bridgehead atoms. The molecule has 0 aliphatic carbocycles. The van der Waals surface area contributed by atoms with Crippen LogP contribution in [0.15, 0.2) is 12.2 Å². The van der Waals surface area contributed by atoms with Gasteiger partial charge >= 0.3 is 18.0 Å². The smallest absolute Gasteiger partial charge is 0.407 e. The van der Waals surface area contributed by atoms with Gasteiger partial charge in [-0.15, -0.1) is 0 Å². The Labute approximate surface area is 146 Å². The fourth-order valence-corrected chi connectivity index (χ4v) is 2.51. The van der Waals surface area contributed by atoms with Crippen molar-refractivity contribution in [2.24, 2.45) is 0 Å². The number of carboxylic acids is 1. The van der Waals surface area contributed by atoms with Gasteiger partial charge in [0.1, 0.15) is 5.54 Å². The molecule has 144 valence electrons. The van der Waals surface area contributed by atoms with Crippen LogP contribution < -0.4 is 5.32 Å². The van der Waals surface area contributed by atoms with Crippen LogP contribution in [-0.4, -0.2) is 63.2 Å². The highest BCUT2D eigenvalue weighted by Crippen LogP contribution is 2.22. The van der Waals surface area contributed by atoms with E-state index in [1.807, 2.05) is 0 Å². The molecular formula is C14H23NO9S. The molecule has 0 fully saturated rings. The zero-order chi connectivity index (χ0) is 19.8. The van der Waals surface area contributed by atoms with Crippen molar-refractivity contribution in [1.82, 2.24) is 5.32 Å². The Balaban J connectivity index is 5.27. The van der Waals surface area contributed by atoms with E-state index in [4.69, 9.17) is 9.84 Å². The van der Waals surface area contributed by atoms with Crippen LogP contribution in [0.3, 0.4) is 0 Å². The molecule has 0 saturated heterocycles. The fourth-order valence-electron chi connectivity index (χ4n) is 1.94. The second-order valence-corrected chi connectivity index (χ2v) is 7.03. The van der Waals surface area contributed by atoms with E-state index in [1.54, 1.807) is 6.92 Å². The van der Waals surface area contributed by atoms with E-state index >= 15 is 0 Å². The molecule has 0 heterocycles.